The standard InChI is InChI=1S/C69H124O16P2/c1-4-7-10-13-16-19-22-24-26-27-28-29-30-31-32-33-34-35-37-39-41-43-46-49-52-55-67(72)79-58-64(70)59-81-86(75,76)82-60-65(71)61-83-87(77,78)84-63-66(85-69(74)57-54-51-48-45-40-21-18-15-12-9-6-3)62-80-68(73)56-53-50-47-44-42-38-36-25-23-20-17-14-11-8-5-2/h7,10,16,19,24-26,28-29,31-32,36,64-66,70-71H,4-6,8-9,11-15,17-18,20-23,27,30,33-35,37-63H2,1-3H3,(H,75,76)(H,77,78)/b10-7-,19-16-,26-24-,29-28-,32-31-,36-25-. The van der Waals surface area contributed by atoms with Crippen molar-refractivity contribution in [2.45, 2.75) is 309 Å². The highest BCUT2D eigenvalue weighted by atomic mass is 31.2. The van der Waals surface area contributed by atoms with Crippen LogP contribution in [-0.4, -0.2) is 95.9 Å². The van der Waals surface area contributed by atoms with Crippen LogP contribution in [0, 0.1) is 0 Å². The third-order valence-corrected chi connectivity index (χ3v) is 16.3. The Bertz CT molecular complexity index is 1880. The highest BCUT2D eigenvalue weighted by Gasteiger charge is 2.29. The minimum absolute atomic E-state index is 0.108. The van der Waals surface area contributed by atoms with E-state index in [2.05, 4.69) is 93.7 Å². The summed E-state index contributed by atoms with van der Waals surface area (Å²) in [4.78, 5) is 58.2. The van der Waals surface area contributed by atoms with Gasteiger partial charge in [0.1, 0.15) is 25.4 Å². The lowest BCUT2D eigenvalue weighted by atomic mass is 10.1. The zero-order chi connectivity index (χ0) is 63.8. The largest absolute Gasteiger partial charge is 0.472 e. The maximum atomic E-state index is 12.9. The third kappa shape index (κ3) is 64.3. The number of esters is 3. The maximum absolute atomic E-state index is 12.9. The van der Waals surface area contributed by atoms with Gasteiger partial charge in [-0.15, -0.1) is 0 Å². The number of hydrogen-bond acceptors (Lipinski definition) is 14. The van der Waals surface area contributed by atoms with Gasteiger partial charge in [-0.3, -0.25) is 32.5 Å². The third-order valence-electron chi connectivity index (χ3n) is 14.4. The smallest absolute Gasteiger partial charge is 0.463 e. The van der Waals surface area contributed by atoms with E-state index in [9.17, 15) is 43.5 Å². The lowest BCUT2D eigenvalue weighted by molar-refractivity contribution is -0.161. The maximum Gasteiger partial charge on any atom is 0.472 e. The van der Waals surface area contributed by atoms with Crippen molar-refractivity contribution in [1.82, 2.24) is 0 Å². The average molecular weight is 1270 g/mol. The fourth-order valence-corrected chi connectivity index (χ4v) is 10.8. The zero-order valence-electron chi connectivity index (χ0n) is 54.7. The second-order valence-electron chi connectivity index (χ2n) is 23.0. The van der Waals surface area contributed by atoms with Gasteiger partial charge in [0.2, 0.25) is 0 Å². The average Bonchev–Trinajstić information content (AvgIpc) is 3.56. The number of carbonyl (C=O) groups excluding carboxylic acids is 3. The SMILES string of the molecule is CC/C=C\C/C=C\C/C=C\C/C=C\C/C=C\CCCCCCCCCCCC(=O)OCC(O)COP(=O)(O)OCC(O)COP(=O)(O)OCC(COC(=O)CCCCCCC/C=C\CCCCCCCC)OC(=O)CCCCCCCCCCCCC. The number of aliphatic hydroxyl groups is 2. The Labute approximate surface area is 528 Å². The summed E-state index contributed by atoms with van der Waals surface area (Å²) in [6.45, 7) is 2.54. The number of unbranched alkanes of at least 4 members (excludes halogenated alkanes) is 30. The number of hydrogen-bond donors (Lipinski definition) is 4. The summed E-state index contributed by atoms with van der Waals surface area (Å²) in [6, 6.07) is 0. The van der Waals surface area contributed by atoms with Gasteiger partial charge < -0.3 is 34.2 Å². The molecule has 0 aromatic carbocycles. The van der Waals surface area contributed by atoms with Crippen molar-refractivity contribution in [3.63, 3.8) is 0 Å². The fourth-order valence-electron chi connectivity index (χ4n) is 9.18. The molecule has 5 atom stereocenters. The molecule has 0 aliphatic rings. The lowest BCUT2D eigenvalue weighted by Crippen LogP contribution is -2.30. The predicted molar refractivity (Wildman–Crippen MR) is 353 cm³/mol. The number of carbonyl (C=O) groups is 3. The van der Waals surface area contributed by atoms with Crippen LogP contribution in [0.15, 0.2) is 72.9 Å². The summed E-state index contributed by atoms with van der Waals surface area (Å²) in [6.07, 6.45) is 65.4. The van der Waals surface area contributed by atoms with Crippen molar-refractivity contribution >= 4 is 33.6 Å². The van der Waals surface area contributed by atoms with Gasteiger partial charge in [-0.2, -0.15) is 0 Å². The van der Waals surface area contributed by atoms with E-state index in [4.69, 9.17) is 32.3 Å². The first kappa shape index (κ1) is 84.0. The van der Waals surface area contributed by atoms with Crippen LogP contribution in [0.2, 0.25) is 0 Å². The molecule has 0 aliphatic carbocycles. The fraction of sp³-hybridized carbons (Fsp3) is 0.783. The summed E-state index contributed by atoms with van der Waals surface area (Å²) >= 11 is 0. The highest BCUT2D eigenvalue weighted by Crippen LogP contribution is 2.45. The molecule has 0 radical (unpaired) electrons. The van der Waals surface area contributed by atoms with E-state index >= 15 is 0 Å². The molecule has 0 amide bonds. The molecule has 87 heavy (non-hydrogen) atoms. The first-order valence-electron chi connectivity index (χ1n) is 34.2. The number of allylic oxidation sites excluding steroid dienone is 12. The Morgan fingerprint density at radius 1 is 0.333 bits per heavy atom. The number of phosphoric ester groups is 2. The first-order valence-corrected chi connectivity index (χ1v) is 37.2. The lowest BCUT2D eigenvalue weighted by Gasteiger charge is -2.21. The molecule has 18 heteroatoms. The van der Waals surface area contributed by atoms with Crippen LogP contribution < -0.4 is 0 Å². The van der Waals surface area contributed by atoms with Gasteiger partial charge >= 0.3 is 33.6 Å². The van der Waals surface area contributed by atoms with E-state index in [1.807, 2.05) is 0 Å². The van der Waals surface area contributed by atoms with Gasteiger partial charge in [0.15, 0.2) is 6.10 Å². The topological polar surface area (TPSA) is 231 Å². The summed E-state index contributed by atoms with van der Waals surface area (Å²) in [5.74, 6) is -1.58. The zero-order valence-corrected chi connectivity index (χ0v) is 56.5. The van der Waals surface area contributed by atoms with E-state index < -0.39 is 91.5 Å². The van der Waals surface area contributed by atoms with Crippen molar-refractivity contribution < 1.29 is 75.8 Å². The van der Waals surface area contributed by atoms with E-state index in [1.54, 1.807) is 0 Å². The summed E-state index contributed by atoms with van der Waals surface area (Å²) < 4.78 is 60.8. The van der Waals surface area contributed by atoms with Crippen LogP contribution in [0.1, 0.15) is 290 Å². The van der Waals surface area contributed by atoms with Gasteiger partial charge in [-0.1, -0.05) is 254 Å². The highest BCUT2D eigenvalue weighted by molar-refractivity contribution is 7.47. The summed E-state index contributed by atoms with van der Waals surface area (Å²) in [5.41, 5.74) is 0. The first-order chi connectivity index (χ1) is 42.2. The molecule has 0 aliphatic heterocycles. The molecular formula is C69H124O16P2. The van der Waals surface area contributed by atoms with Crippen molar-refractivity contribution in [2.24, 2.45) is 0 Å². The molecule has 0 rings (SSSR count). The summed E-state index contributed by atoms with van der Waals surface area (Å²) in [7, 11) is -9.76. The Balaban J connectivity index is 4.48. The van der Waals surface area contributed by atoms with E-state index in [1.165, 1.54) is 103 Å². The molecule has 0 aromatic heterocycles. The molecule has 0 saturated heterocycles. The minimum atomic E-state index is -4.91. The Morgan fingerprint density at radius 3 is 0.977 bits per heavy atom. The number of ether oxygens (including phenoxy) is 3. The Morgan fingerprint density at radius 2 is 0.609 bits per heavy atom. The molecule has 5 unspecified atom stereocenters. The van der Waals surface area contributed by atoms with Gasteiger partial charge in [0, 0.05) is 19.3 Å². The van der Waals surface area contributed by atoms with Gasteiger partial charge in [-0.25, -0.2) is 9.13 Å². The van der Waals surface area contributed by atoms with Crippen LogP contribution in [0.25, 0.3) is 0 Å². The van der Waals surface area contributed by atoms with Crippen LogP contribution >= 0.6 is 15.6 Å². The van der Waals surface area contributed by atoms with Crippen molar-refractivity contribution in [2.75, 3.05) is 39.6 Å². The number of rotatable bonds is 65. The second-order valence-corrected chi connectivity index (χ2v) is 25.9. The van der Waals surface area contributed by atoms with E-state index in [0.29, 0.717) is 19.3 Å². The van der Waals surface area contributed by atoms with E-state index in [0.717, 1.165) is 128 Å². The molecule has 16 nitrogen and oxygen atoms in total. The van der Waals surface area contributed by atoms with Crippen LogP contribution in [0.5, 0.6) is 0 Å². The molecule has 0 bridgehead atoms. The Hall–Kier alpha value is -3.01. The van der Waals surface area contributed by atoms with Crippen molar-refractivity contribution in [3.8, 4) is 0 Å². The number of aliphatic hydroxyl groups excluding tert-OH is 2. The summed E-state index contributed by atoms with van der Waals surface area (Å²) in [5, 5.41) is 20.5. The quantitative estimate of drug-likeness (QED) is 0.0146. The molecule has 0 aromatic rings. The van der Waals surface area contributed by atoms with Gasteiger partial charge in [0.05, 0.1) is 26.4 Å². The molecule has 506 valence electrons. The normalized spacial score (nSPS) is 14.7. The van der Waals surface area contributed by atoms with Crippen molar-refractivity contribution in [1.29, 1.82) is 0 Å². The number of phosphoric acid groups is 2. The molecule has 0 spiro atoms. The van der Waals surface area contributed by atoms with Crippen molar-refractivity contribution in [3.05, 3.63) is 72.9 Å². The molecule has 0 heterocycles. The second kappa shape index (κ2) is 63.2. The van der Waals surface area contributed by atoms with Crippen LogP contribution in [-0.2, 0) is 55.8 Å². The monoisotopic (exact) mass is 1270 g/mol. The van der Waals surface area contributed by atoms with E-state index in [-0.39, 0.29) is 19.3 Å². The van der Waals surface area contributed by atoms with Crippen LogP contribution in [0.3, 0.4) is 0 Å². The molecular weight excluding hydrogens is 1150 g/mol. The van der Waals surface area contributed by atoms with Crippen LogP contribution in [0.4, 0.5) is 0 Å². The molecule has 4 N–H and O–H groups in total. The van der Waals surface area contributed by atoms with Gasteiger partial charge in [-0.05, 0) is 89.9 Å². The Kier molecular flexibility index (Phi) is 61.0. The van der Waals surface area contributed by atoms with Gasteiger partial charge in [0.25, 0.3) is 0 Å². The minimum Gasteiger partial charge on any atom is -0.463 e. The predicted octanol–water partition coefficient (Wildman–Crippen LogP) is 18.8. The molecule has 0 fully saturated rings. The molecule has 0 saturated carbocycles.